The van der Waals surface area contributed by atoms with E-state index in [0.29, 0.717) is 12.0 Å². The second-order valence-corrected chi connectivity index (χ2v) is 10.3. The van der Waals surface area contributed by atoms with Crippen molar-refractivity contribution in [2.75, 3.05) is 0 Å². The van der Waals surface area contributed by atoms with Gasteiger partial charge in [-0.3, -0.25) is 4.79 Å². The van der Waals surface area contributed by atoms with Gasteiger partial charge in [-0.05, 0) is 64.7 Å². The van der Waals surface area contributed by atoms with Crippen LogP contribution in [0.15, 0.2) is 34.9 Å². The van der Waals surface area contributed by atoms with Crippen molar-refractivity contribution < 1.29 is 29.0 Å². The van der Waals surface area contributed by atoms with Crippen LogP contribution in [0.4, 0.5) is 0 Å². The van der Waals surface area contributed by atoms with Crippen LogP contribution in [0.2, 0.25) is 0 Å². The second kappa shape index (κ2) is 10.3. The van der Waals surface area contributed by atoms with E-state index in [1.165, 1.54) is 13.0 Å². The number of fused-ring (bicyclic) bond motifs is 1. The van der Waals surface area contributed by atoms with E-state index in [-0.39, 0.29) is 17.3 Å². The van der Waals surface area contributed by atoms with Gasteiger partial charge in [-0.1, -0.05) is 44.1 Å². The zero-order valence-electron chi connectivity index (χ0n) is 21.4. The van der Waals surface area contributed by atoms with Crippen molar-refractivity contribution in [3.63, 3.8) is 0 Å². The highest BCUT2D eigenvalue weighted by Crippen LogP contribution is 2.63. The Morgan fingerprint density at radius 1 is 1.18 bits per heavy atom. The van der Waals surface area contributed by atoms with Gasteiger partial charge in [0.15, 0.2) is 0 Å². The number of rotatable bonds is 7. The van der Waals surface area contributed by atoms with Crippen LogP contribution < -0.4 is 0 Å². The second-order valence-electron chi connectivity index (χ2n) is 10.3. The zero-order valence-corrected chi connectivity index (χ0v) is 21.4. The average Bonchev–Trinajstić information content (AvgIpc) is 2.73. The highest BCUT2D eigenvalue weighted by Gasteiger charge is 2.64. The van der Waals surface area contributed by atoms with Gasteiger partial charge in [0.2, 0.25) is 0 Å². The molecule has 0 heterocycles. The molecule has 2 rings (SSSR count). The van der Waals surface area contributed by atoms with Crippen LogP contribution in [0.3, 0.4) is 0 Å². The lowest BCUT2D eigenvalue weighted by molar-refractivity contribution is -0.221. The number of hydrogen-bond donors (Lipinski definition) is 1. The first-order valence-corrected chi connectivity index (χ1v) is 11.9. The Morgan fingerprint density at radius 3 is 2.36 bits per heavy atom. The van der Waals surface area contributed by atoms with Gasteiger partial charge in [0, 0.05) is 29.9 Å². The van der Waals surface area contributed by atoms with Crippen LogP contribution in [-0.2, 0) is 23.9 Å². The third kappa shape index (κ3) is 5.25. The first-order chi connectivity index (χ1) is 15.3. The quantitative estimate of drug-likeness (QED) is 0.301. The molecule has 0 aromatic rings. The van der Waals surface area contributed by atoms with E-state index in [9.17, 15) is 14.4 Å². The van der Waals surface area contributed by atoms with Gasteiger partial charge in [-0.25, -0.2) is 9.59 Å². The molecule has 33 heavy (non-hydrogen) atoms. The number of esters is 2. The molecule has 0 radical (unpaired) electrons. The lowest BCUT2D eigenvalue weighted by atomic mass is 9.45. The van der Waals surface area contributed by atoms with Gasteiger partial charge in [-0.15, -0.1) is 0 Å². The molecule has 0 amide bonds. The Balaban J connectivity index is 2.59. The van der Waals surface area contributed by atoms with E-state index < -0.39 is 35.5 Å². The van der Waals surface area contributed by atoms with Crippen LogP contribution in [0.1, 0.15) is 81.1 Å². The molecule has 0 bridgehead atoms. The van der Waals surface area contributed by atoms with Gasteiger partial charge >= 0.3 is 17.9 Å². The number of carbonyl (C=O) groups excluding carboxylic acids is 2. The van der Waals surface area contributed by atoms with Gasteiger partial charge in [0.05, 0.1) is 0 Å². The van der Waals surface area contributed by atoms with Gasteiger partial charge < -0.3 is 14.6 Å². The summed E-state index contributed by atoms with van der Waals surface area (Å²) in [5, 5.41) is 9.13. The topological polar surface area (TPSA) is 89.9 Å². The fourth-order valence-electron chi connectivity index (χ4n) is 6.02. The van der Waals surface area contributed by atoms with Crippen LogP contribution >= 0.6 is 0 Å². The van der Waals surface area contributed by atoms with Crippen LogP contribution in [0.5, 0.6) is 0 Å². The van der Waals surface area contributed by atoms with E-state index in [4.69, 9.17) is 14.6 Å². The third-order valence-electron chi connectivity index (χ3n) is 8.42. The van der Waals surface area contributed by atoms with Crippen molar-refractivity contribution in [3.05, 3.63) is 34.9 Å². The van der Waals surface area contributed by atoms with Crippen LogP contribution in [0.25, 0.3) is 0 Å². The Kier molecular flexibility index (Phi) is 8.36. The molecule has 0 aliphatic heterocycles. The summed E-state index contributed by atoms with van der Waals surface area (Å²) in [4.78, 5) is 36.2. The minimum absolute atomic E-state index is 0.0910. The standard InChI is InChI=1S/C27H40O6/c1-9-17(3)25(31)33-24-23(32-20(6)28)19(5)26(7,14-13-16(2)15-22(29)30)21-12-10-11-18(4)27(21,24)8/h9,11,15,19,21,23-24H,10,12-14H2,1-8H3,(H,29,30). The maximum atomic E-state index is 12.9. The SMILES string of the molecule is CC=C(C)C(=O)OC1C(OC(C)=O)C(C)C(C)(CCC(C)=CC(=O)O)C2CCC=C(C)C12C. The Labute approximate surface area is 198 Å². The number of hydrogen-bond acceptors (Lipinski definition) is 5. The molecule has 6 heteroatoms. The first-order valence-electron chi connectivity index (χ1n) is 11.9. The molecule has 6 nitrogen and oxygen atoms in total. The van der Waals surface area contributed by atoms with E-state index in [1.54, 1.807) is 19.9 Å². The number of allylic oxidation sites excluding steroid dienone is 3. The van der Waals surface area contributed by atoms with Crippen molar-refractivity contribution in [2.45, 2.75) is 93.3 Å². The maximum absolute atomic E-state index is 12.9. The van der Waals surface area contributed by atoms with Crippen molar-refractivity contribution >= 4 is 17.9 Å². The van der Waals surface area contributed by atoms with Crippen molar-refractivity contribution in [3.8, 4) is 0 Å². The molecule has 6 atom stereocenters. The van der Waals surface area contributed by atoms with Crippen molar-refractivity contribution in [2.24, 2.45) is 22.7 Å². The summed E-state index contributed by atoms with van der Waals surface area (Å²) in [7, 11) is 0. The molecule has 0 aromatic carbocycles. The van der Waals surface area contributed by atoms with E-state index in [0.717, 1.165) is 30.4 Å². The van der Waals surface area contributed by atoms with Crippen LogP contribution in [-0.4, -0.2) is 35.2 Å². The van der Waals surface area contributed by atoms with Crippen LogP contribution in [0, 0.1) is 22.7 Å². The van der Waals surface area contributed by atoms with E-state index >= 15 is 0 Å². The summed E-state index contributed by atoms with van der Waals surface area (Å²) in [6.45, 7) is 15.2. The highest BCUT2D eigenvalue weighted by molar-refractivity contribution is 5.87. The zero-order chi connectivity index (χ0) is 25.1. The van der Waals surface area contributed by atoms with E-state index in [2.05, 4.69) is 33.8 Å². The molecule has 2 aliphatic rings. The third-order valence-corrected chi connectivity index (χ3v) is 8.42. The molecular formula is C27H40O6. The molecule has 6 unspecified atom stereocenters. The molecule has 184 valence electrons. The summed E-state index contributed by atoms with van der Waals surface area (Å²) < 4.78 is 12.0. The van der Waals surface area contributed by atoms with Gasteiger partial charge in [-0.2, -0.15) is 0 Å². The molecule has 0 saturated heterocycles. The summed E-state index contributed by atoms with van der Waals surface area (Å²) >= 11 is 0. The van der Waals surface area contributed by atoms with Gasteiger partial charge in [0.1, 0.15) is 12.2 Å². The van der Waals surface area contributed by atoms with Crippen molar-refractivity contribution in [1.82, 2.24) is 0 Å². The summed E-state index contributed by atoms with van der Waals surface area (Å²) in [5.74, 6) is -1.65. The molecule has 1 fully saturated rings. The first kappa shape index (κ1) is 26.9. The number of aliphatic carboxylic acids is 1. The minimum atomic E-state index is -0.945. The number of ether oxygens (including phenoxy) is 2. The molecule has 0 aromatic heterocycles. The minimum Gasteiger partial charge on any atom is -0.478 e. The largest absolute Gasteiger partial charge is 0.478 e. The number of carboxylic acid groups (broad SMARTS) is 1. The van der Waals surface area contributed by atoms with E-state index in [1.807, 2.05) is 6.92 Å². The monoisotopic (exact) mass is 460 g/mol. The Hall–Kier alpha value is -2.37. The lowest BCUT2D eigenvalue weighted by Gasteiger charge is -2.62. The summed E-state index contributed by atoms with van der Waals surface area (Å²) in [6, 6.07) is 0. The molecule has 0 spiro atoms. The average molecular weight is 461 g/mol. The van der Waals surface area contributed by atoms with Crippen molar-refractivity contribution in [1.29, 1.82) is 0 Å². The Morgan fingerprint density at radius 2 is 1.82 bits per heavy atom. The normalized spacial score (nSPS) is 34.7. The number of carbonyl (C=O) groups is 3. The molecule has 1 N–H and O–H groups in total. The fraction of sp³-hybridized carbons (Fsp3) is 0.667. The predicted octanol–water partition coefficient (Wildman–Crippen LogP) is 5.63. The smallest absolute Gasteiger partial charge is 0.333 e. The Bertz CT molecular complexity index is 881. The maximum Gasteiger partial charge on any atom is 0.333 e. The highest BCUT2D eigenvalue weighted by atomic mass is 16.6. The molecular weight excluding hydrogens is 420 g/mol. The van der Waals surface area contributed by atoms with Gasteiger partial charge in [0.25, 0.3) is 0 Å². The predicted molar refractivity (Wildman–Crippen MR) is 127 cm³/mol. The molecule has 1 saturated carbocycles. The lowest BCUT2D eigenvalue weighted by Crippen LogP contribution is -2.65. The summed E-state index contributed by atoms with van der Waals surface area (Å²) in [6.07, 6.45) is 7.23. The fourth-order valence-corrected chi connectivity index (χ4v) is 6.02. The summed E-state index contributed by atoms with van der Waals surface area (Å²) in [5.41, 5.74) is 1.71. The number of carboxylic acids is 1. The molecule has 2 aliphatic carbocycles.